The first-order chi connectivity index (χ1) is 9.45. The number of ether oxygens (including phenoxy) is 3. The molecule has 1 saturated heterocycles. The van der Waals surface area contributed by atoms with Crippen LogP contribution in [0.2, 0.25) is 5.02 Å². The van der Waals surface area contributed by atoms with Crippen molar-refractivity contribution < 1.29 is 14.2 Å². The first-order valence-corrected chi connectivity index (χ1v) is 6.81. The normalized spacial score (nSPS) is 21.9. The van der Waals surface area contributed by atoms with Gasteiger partial charge < -0.3 is 19.1 Å². The third-order valence-electron chi connectivity index (χ3n) is 3.02. The molecule has 7 heteroatoms. The molecule has 0 aromatic carbocycles. The zero-order valence-electron chi connectivity index (χ0n) is 12.2. The minimum absolute atomic E-state index is 0.0271. The summed E-state index contributed by atoms with van der Waals surface area (Å²) in [5.41, 5.74) is -0.303. The lowest BCUT2D eigenvalue weighted by molar-refractivity contribution is -0.106. The van der Waals surface area contributed by atoms with Crippen LogP contribution in [-0.2, 0) is 9.47 Å². The minimum Gasteiger partial charge on any atom is -0.467 e. The highest BCUT2D eigenvalue weighted by Crippen LogP contribution is 2.30. The number of anilines is 1. The average Bonchev–Trinajstić information content (AvgIpc) is 2.37. The van der Waals surface area contributed by atoms with Gasteiger partial charge in [0.1, 0.15) is 5.02 Å². The van der Waals surface area contributed by atoms with Crippen molar-refractivity contribution in [2.24, 2.45) is 0 Å². The Morgan fingerprint density at radius 1 is 1.50 bits per heavy atom. The Balaban J connectivity index is 2.26. The van der Waals surface area contributed by atoms with Crippen molar-refractivity contribution >= 4 is 17.4 Å². The van der Waals surface area contributed by atoms with Crippen LogP contribution in [0.25, 0.3) is 0 Å². The van der Waals surface area contributed by atoms with Gasteiger partial charge in [0.05, 0.1) is 31.6 Å². The third kappa shape index (κ3) is 3.50. The summed E-state index contributed by atoms with van der Waals surface area (Å²) in [7, 11) is 3.19. The highest BCUT2D eigenvalue weighted by Gasteiger charge is 2.35. The molecule has 0 radical (unpaired) electrons. The summed E-state index contributed by atoms with van der Waals surface area (Å²) in [6.45, 7) is 5.95. The number of halogens is 1. The van der Waals surface area contributed by atoms with E-state index < -0.39 is 0 Å². The van der Waals surface area contributed by atoms with Crippen LogP contribution in [0.4, 0.5) is 5.82 Å². The molecule has 6 nitrogen and oxygen atoms in total. The fourth-order valence-corrected chi connectivity index (χ4v) is 2.60. The second-order valence-corrected chi connectivity index (χ2v) is 5.77. The maximum Gasteiger partial charge on any atom is 0.318 e. The van der Waals surface area contributed by atoms with Gasteiger partial charge in [-0.1, -0.05) is 11.6 Å². The Morgan fingerprint density at radius 2 is 2.25 bits per heavy atom. The molecule has 1 aliphatic rings. The second kappa shape index (κ2) is 6.11. The van der Waals surface area contributed by atoms with Gasteiger partial charge in [0, 0.05) is 20.2 Å². The van der Waals surface area contributed by atoms with Gasteiger partial charge in [-0.25, -0.2) is 4.98 Å². The van der Waals surface area contributed by atoms with Gasteiger partial charge in [0.15, 0.2) is 5.82 Å². The molecular weight excluding hydrogens is 282 g/mol. The van der Waals surface area contributed by atoms with E-state index >= 15 is 0 Å². The van der Waals surface area contributed by atoms with E-state index in [1.165, 1.54) is 7.11 Å². The predicted octanol–water partition coefficient (Wildman–Crippen LogP) is 1.77. The maximum atomic E-state index is 6.21. The quantitative estimate of drug-likeness (QED) is 0.845. The van der Waals surface area contributed by atoms with Gasteiger partial charge in [-0.3, -0.25) is 0 Å². The van der Waals surface area contributed by atoms with Crippen molar-refractivity contribution in [2.45, 2.75) is 25.6 Å². The van der Waals surface area contributed by atoms with E-state index in [1.54, 1.807) is 13.3 Å². The minimum atomic E-state index is -0.303. The van der Waals surface area contributed by atoms with Crippen LogP contribution in [-0.4, -0.2) is 55.6 Å². The van der Waals surface area contributed by atoms with E-state index in [9.17, 15) is 0 Å². The monoisotopic (exact) mass is 301 g/mol. The largest absolute Gasteiger partial charge is 0.467 e. The van der Waals surface area contributed by atoms with Gasteiger partial charge in [-0.15, -0.1) is 0 Å². The predicted molar refractivity (Wildman–Crippen MR) is 76.6 cm³/mol. The van der Waals surface area contributed by atoms with Gasteiger partial charge in [-0.2, -0.15) is 4.98 Å². The van der Waals surface area contributed by atoms with Crippen LogP contribution in [0.5, 0.6) is 6.01 Å². The molecule has 112 valence electrons. The van der Waals surface area contributed by atoms with Crippen molar-refractivity contribution in [1.82, 2.24) is 9.97 Å². The molecule has 0 bridgehead atoms. The number of aromatic nitrogens is 2. The first-order valence-electron chi connectivity index (χ1n) is 6.43. The Hall–Kier alpha value is -1.11. The third-order valence-corrected chi connectivity index (χ3v) is 3.29. The molecule has 20 heavy (non-hydrogen) atoms. The van der Waals surface area contributed by atoms with E-state index in [-0.39, 0.29) is 11.7 Å². The topological polar surface area (TPSA) is 56.7 Å². The summed E-state index contributed by atoms with van der Waals surface area (Å²) in [5.74, 6) is 0.663. The van der Waals surface area contributed by atoms with Crippen LogP contribution >= 0.6 is 11.6 Å². The zero-order chi connectivity index (χ0) is 14.8. The van der Waals surface area contributed by atoms with E-state index in [0.717, 1.165) is 0 Å². The Morgan fingerprint density at radius 3 is 2.90 bits per heavy atom. The molecular formula is C13H20ClN3O3. The molecule has 1 fully saturated rings. The van der Waals surface area contributed by atoms with Gasteiger partial charge in [0.2, 0.25) is 0 Å². The summed E-state index contributed by atoms with van der Waals surface area (Å²) < 4.78 is 16.2. The Labute approximate surface area is 124 Å². The maximum absolute atomic E-state index is 6.21. The summed E-state index contributed by atoms with van der Waals surface area (Å²) in [6.07, 6.45) is 1.53. The zero-order valence-corrected chi connectivity index (χ0v) is 13.0. The van der Waals surface area contributed by atoms with E-state index in [2.05, 4.69) is 14.9 Å². The SMILES string of the molecule is COC[C@H]1CN(c2nc(OC)ncc2Cl)CC(C)(C)O1. The van der Waals surface area contributed by atoms with Crippen molar-refractivity contribution in [3.63, 3.8) is 0 Å². The summed E-state index contributed by atoms with van der Waals surface area (Å²) in [6, 6.07) is 0.303. The molecule has 0 aliphatic carbocycles. The summed E-state index contributed by atoms with van der Waals surface area (Å²) in [5, 5.41) is 0.500. The molecule has 0 N–H and O–H groups in total. The Kier molecular flexibility index (Phi) is 4.67. The number of hydrogen-bond acceptors (Lipinski definition) is 6. The first kappa shape index (κ1) is 15.3. The molecule has 2 rings (SSSR count). The molecule has 1 aliphatic heterocycles. The highest BCUT2D eigenvalue weighted by molar-refractivity contribution is 6.32. The van der Waals surface area contributed by atoms with Crippen molar-refractivity contribution in [3.8, 4) is 6.01 Å². The number of methoxy groups -OCH3 is 2. The molecule has 1 aromatic rings. The lowest BCUT2D eigenvalue weighted by atomic mass is 10.1. The molecule has 2 heterocycles. The van der Waals surface area contributed by atoms with Gasteiger partial charge in [0.25, 0.3) is 0 Å². The van der Waals surface area contributed by atoms with Crippen LogP contribution in [0.3, 0.4) is 0 Å². The van der Waals surface area contributed by atoms with Crippen LogP contribution in [0.15, 0.2) is 6.20 Å². The second-order valence-electron chi connectivity index (χ2n) is 5.36. The number of morpholine rings is 1. The molecule has 1 atom stereocenters. The lowest BCUT2D eigenvalue weighted by Gasteiger charge is -2.43. The molecule has 0 spiro atoms. The number of rotatable bonds is 4. The van der Waals surface area contributed by atoms with Crippen LogP contribution in [0, 0.1) is 0 Å². The van der Waals surface area contributed by atoms with Crippen LogP contribution in [0.1, 0.15) is 13.8 Å². The van der Waals surface area contributed by atoms with Gasteiger partial charge in [-0.05, 0) is 13.8 Å². The lowest BCUT2D eigenvalue weighted by Crippen LogP contribution is -2.54. The highest BCUT2D eigenvalue weighted by atomic mass is 35.5. The average molecular weight is 302 g/mol. The standard InChI is InChI=1S/C13H20ClN3O3/c1-13(2)8-17(6-9(20-13)7-18-3)11-10(14)5-15-12(16-11)19-4/h5,9H,6-8H2,1-4H3/t9-/m1/s1. The summed E-state index contributed by atoms with van der Waals surface area (Å²) in [4.78, 5) is 10.4. The van der Waals surface area contributed by atoms with Crippen molar-refractivity contribution in [1.29, 1.82) is 0 Å². The molecule has 1 aromatic heterocycles. The molecule has 0 unspecified atom stereocenters. The van der Waals surface area contributed by atoms with E-state index in [4.69, 9.17) is 25.8 Å². The Bertz CT molecular complexity index is 470. The van der Waals surface area contributed by atoms with E-state index in [0.29, 0.717) is 36.5 Å². The van der Waals surface area contributed by atoms with Crippen LogP contribution < -0.4 is 9.64 Å². The fourth-order valence-electron chi connectivity index (χ4n) is 2.39. The molecule has 0 saturated carbocycles. The number of hydrogen-bond donors (Lipinski definition) is 0. The summed E-state index contributed by atoms with van der Waals surface area (Å²) >= 11 is 6.21. The van der Waals surface area contributed by atoms with E-state index in [1.807, 2.05) is 13.8 Å². The number of nitrogens with zero attached hydrogens (tertiary/aromatic N) is 3. The molecule has 0 amide bonds. The van der Waals surface area contributed by atoms with Gasteiger partial charge >= 0.3 is 6.01 Å². The van der Waals surface area contributed by atoms with Crippen molar-refractivity contribution in [3.05, 3.63) is 11.2 Å². The fraction of sp³-hybridized carbons (Fsp3) is 0.692. The smallest absolute Gasteiger partial charge is 0.318 e. The van der Waals surface area contributed by atoms with Crippen molar-refractivity contribution in [2.75, 3.05) is 38.8 Å².